The van der Waals surface area contributed by atoms with Gasteiger partial charge in [-0.1, -0.05) is 97.0 Å². The van der Waals surface area contributed by atoms with Gasteiger partial charge in [0.05, 0.1) is 0 Å². The van der Waals surface area contributed by atoms with Crippen LogP contribution in [-0.2, 0) is 0 Å². The fourth-order valence-corrected chi connectivity index (χ4v) is 3.54. The molecule has 0 rings (SSSR count). The smallest absolute Gasteiger partial charge is 0.00187 e. The Morgan fingerprint density at radius 1 is 0.520 bits per heavy atom. The third kappa shape index (κ3) is 19.9. The molecule has 0 aromatic heterocycles. The molecule has 0 heterocycles. The Bertz CT molecular complexity index is 232. The molecule has 0 N–H and O–H groups in total. The fraction of sp³-hybridized carbons (Fsp3) is 0.917. The van der Waals surface area contributed by atoms with Gasteiger partial charge in [0.25, 0.3) is 0 Å². The Morgan fingerprint density at radius 3 is 1.28 bits per heavy atom. The summed E-state index contributed by atoms with van der Waals surface area (Å²) < 4.78 is 0. The van der Waals surface area contributed by atoms with Crippen LogP contribution < -0.4 is 0 Å². The molecule has 0 aromatic rings. The zero-order valence-electron chi connectivity index (χ0n) is 17.9. The second kappa shape index (κ2) is 21.7. The molecule has 0 radical (unpaired) electrons. The SMILES string of the molecule is C=CCCCCCCN(CCCCCCCC)CCCCCCCC. The van der Waals surface area contributed by atoms with Gasteiger partial charge in [0, 0.05) is 0 Å². The second-order valence-corrected chi connectivity index (χ2v) is 7.87. The summed E-state index contributed by atoms with van der Waals surface area (Å²) in [5, 5.41) is 0. The van der Waals surface area contributed by atoms with Crippen LogP contribution in [0.5, 0.6) is 0 Å². The van der Waals surface area contributed by atoms with Gasteiger partial charge in [-0.2, -0.15) is 0 Å². The topological polar surface area (TPSA) is 3.24 Å². The zero-order chi connectivity index (χ0) is 18.4. The lowest BCUT2D eigenvalue weighted by Gasteiger charge is -2.22. The minimum Gasteiger partial charge on any atom is -0.303 e. The highest BCUT2D eigenvalue weighted by molar-refractivity contribution is 4.66. The van der Waals surface area contributed by atoms with Crippen molar-refractivity contribution in [3.05, 3.63) is 12.7 Å². The average Bonchev–Trinajstić information content (AvgIpc) is 2.63. The molecule has 0 aliphatic carbocycles. The maximum absolute atomic E-state index is 3.82. The maximum Gasteiger partial charge on any atom is -0.00187 e. The first-order valence-electron chi connectivity index (χ1n) is 11.7. The van der Waals surface area contributed by atoms with Crippen LogP contribution in [0.4, 0.5) is 0 Å². The second-order valence-electron chi connectivity index (χ2n) is 7.87. The monoisotopic (exact) mass is 351 g/mol. The van der Waals surface area contributed by atoms with Crippen LogP contribution in [-0.4, -0.2) is 24.5 Å². The Labute approximate surface area is 160 Å². The fourth-order valence-electron chi connectivity index (χ4n) is 3.54. The molecule has 0 bridgehead atoms. The van der Waals surface area contributed by atoms with Crippen molar-refractivity contribution in [1.82, 2.24) is 4.90 Å². The number of rotatable bonds is 21. The molecule has 0 atom stereocenters. The summed E-state index contributed by atoms with van der Waals surface area (Å²) in [6, 6.07) is 0. The van der Waals surface area contributed by atoms with Crippen LogP contribution in [0.25, 0.3) is 0 Å². The first kappa shape index (κ1) is 24.7. The van der Waals surface area contributed by atoms with E-state index in [0.29, 0.717) is 0 Å². The van der Waals surface area contributed by atoms with Crippen molar-refractivity contribution in [3.63, 3.8) is 0 Å². The number of allylic oxidation sites excluding steroid dienone is 1. The summed E-state index contributed by atoms with van der Waals surface area (Å²) in [7, 11) is 0. The molecule has 0 saturated heterocycles. The van der Waals surface area contributed by atoms with Crippen LogP contribution in [0.2, 0.25) is 0 Å². The van der Waals surface area contributed by atoms with E-state index in [0.717, 1.165) is 0 Å². The van der Waals surface area contributed by atoms with E-state index >= 15 is 0 Å². The van der Waals surface area contributed by atoms with Crippen molar-refractivity contribution in [2.45, 2.75) is 123 Å². The van der Waals surface area contributed by atoms with Crippen LogP contribution in [0.15, 0.2) is 12.7 Å². The molecule has 150 valence electrons. The molecule has 0 aliphatic rings. The molecular formula is C24H49N. The van der Waals surface area contributed by atoms with Crippen LogP contribution >= 0.6 is 0 Å². The van der Waals surface area contributed by atoms with Crippen molar-refractivity contribution < 1.29 is 0 Å². The molecule has 1 heteroatoms. The third-order valence-corrected chi connectivity index (χ3v) is 5.29. The molecule has 1 nitrogen and oxygen atoms in total. The highest BCUT2D eigenvalue weighted by Crippen LogP contribution is 2.11. The molecule has 0 unspecified atom stereocenters. The zero-order valence-corrected chi connectivity index (χ0v) is 17.9. The van der Waals surface area contributed by atoms with Crippen molar-refractivity contribution in [2.24, 2.45) is 0 Å². The van der Waals surface area contributed by atoms with Crippen molar-refractivity contribution in [2.75, 3.05) is 19.6 Å². The number of hydrogen-bond acceptors (Lipinski definition) is 1. The van der Waals surface area contributed by atoms with E-state index in [-0.39, 0.29) is 0 Å². The normalized spacial score (nSPS) is 11.3. The maximum atomic E-state index is 3.82. The van der Waals surface area contributed by atoms with E-state index in [1.165, 1.54) is 129 Å². The van der Waals surface area contributed by atoms with Gasteiger partial charge in [-0.15, -0.1) is 6.58 Å². The lowest BCUT2D eigenvalue weighted by Crippen LogP contribution is -2.27. The van der Waals surface area contributed by atoms with Gasteiger partial charge in [0.2, 0.25) is 0 Å². The molecule has 25 heavy (non-hydrogen) atoms. The van der Waals surface area contributed by atoms with E-state index < -0.39 is 0 Å². The van der Waals surface area contributed by atoms with E-state index in [2.05, 4.69) is 31.4 Å². The summed E-state index contributed by atoms with van der Waals surface area (Å²) in [6.45, 7) is 12.4. The number of hydrogen-bond donors (Lipinski definition) is 0. The van der Waals surface area contributed by atoms with Crippen LogP contribution in [0.1, 0.15) is 123 Å². The molecule has 0 aliphatic heterocycles. The molecular weight excluding hydrogens is 302 g/mol. The molecule has 0 fully saturated rings. The van der Waals surface area contributed by atoms with Crippen LogP contribution in [0, 0.1) is 0 Å². The summed E-state index contributed by atoms with van der Waals surface area (Å²) in [5.74, 6) is 0. The first-order chi connectivity index (χ1) is 12.3. The molecule has 0 saturated carbocycles. The lowest BCUT2D eigenvalue weighted by atomic mass is 10.1. The summed E-state index contributed by atoms with van der Waals surface area (Å²) >= 11 is 0. The van der Waals surface area contributed by atoms with E-state index in [4.69, 9.17) is 0 Å². The molecule has 0 amide bonds. The predicted octanol–water partition coefficient (Wildman–Crippen LogP) is 8.15. The standard InChI is InChI=1S/C24H49N/c1-4-7-10-13-16-19-22-25(23-20-17-14-11-8-5-2)24-21-18-15-12-9-6-3/h4H,1,5-24H2,2-3H3. The van der Waals surface area contributed by atoms with E-state index in [1.807, 2.05) is 0 Å². The quantitative estimate of drug-likeness (QED) is 0.149. The Hall–Kier alpha value is -0.300. The van der Waals surface area contributed by atoms with Crippen molar-refractivity contribution in [3.8, 4) is 0 Å². The van der Waals surface area contributed by atoms with Crippen molar-refractivity contribution >= 4 is 0 Å². The highest BCUT2D eigenvalue weighted by atomic mass is 15.1. The van der Waals surface area contributed by atoms with E-state index in [9.17, 15) is 0 Å². The minimum atomic E-state index is 1.19. The van der Waals surface area contributed by atoms with Gasteiger partial charge < -0.3 is 4.90 Å². The Balaban J connectivity index is 3.78. The summed E-state index contributed by atoms with van der Waals surface area (Å²) in [6.07, 6.45) is 25.8. The summed E-state index contributed by atoms with van der Waals surface area (Å²) in [5.41, 5.74) is 0. The molecule has 0 spiro atoms. The van der Waals surface area contributed by atoms with Gasteiger partial charge in [0.15, 0.2) is 0 Å². The minimum absolute atomic E-state index is 1.19. The predicted molar refractivity (Wildman–Crippen MR) is 116 cm³/mol. The van der Waals surface area contributed by atoms with Gasteiger partial charge in [-0.3, -0.25) is 0 Å². The third-order valence-electron chi connectivity index (χ3n) is 5.29. The molecule has 0 aromatic carbocycles. The highest BCUT2D eigenvalue weighted by Gasteiger charge is 2.04. The Morgan fingerprint density at radius 2 is 0.880 bits per heavy atom. The van der Waals surface area contributed by atoms with Crippen molar-refractivity contribution in [1.29, 1.82) is 0 Å². The number of unbranched alkanes of at least 4 members (excludes halogenated alkanes) is 14. The summed E-state index contributed by atoms with van der Waals surface area (Å²) in [4.78, 5) is 2.77. The van der Waals surface area contributed by atoms with Gasteiger partial charge in [-0.05, 0) is 51.7 Å². The first-order valence-corrected chi connectivity index (χ1v) is 11.7. The van der Waals surface area contributed by atoms with Gasteiger partial charge >= 0.3 is 0 Å². The average molecular weight is 352 g/mol. The lowest BCUT2D eigenvalue weighted by molar-refractivity contribution is 0.254. The van der Waals surface area contributed by atoms with Gasteiger partial charge in [-0.25, -0.2) is 0 Å². The van der Waals surface area contributed by atoms with E-state index in [1.54, 1.807) is 0 Å². The number of nitrogens with zero attached hydrogens (tertiary/aromatic N) is 1. The van der Waals surface area contributed by atoms with Crippen LogP contribution in [0.3, 0.4) is 0 Å². The largest absolute Gasteiger partial charge is 0.303 e. The Kier molecular flexibility index (Phi) is 21.5. The van der Waals surface area contributed by atoms with Gasteiger partial charge in [0.1, 0.15) is 0 Å².